The van der Waals surface area contributed by atoms with Crippen molar-refractivity contribution >= 4 is 0 Å². The second-order valence-electron chi connectivity index (χ2n) is 12.0. The Bertz CT molecular complexity index is 1330. The Hall–Kier alpha value is -3.52. The molecule has 40 heavy (non-hydrogen) atoms. The zero-order valence-corrected chi connectivity index (χ0v) is 25.2. The summed E-state index contributed by atoms with van der Waals surface area (Å²) < 4.78 is 11.1. The van der Waals surface area contributed by atoms with Crippen molar-refractivity contribution in [2.75, 3.05) is 14.2 Å². The third kappa shape index (κ3) is 6.61. The summed E-state index contributed by atoms with van der Waals surface area (Å²) in [4.78, 5) is 0. The molecule has 0 spiro atoms. The van der Waals surface area contributed by atoms with E-state index in [2.05, 4.69) is 125 Å². The van der Waals surface area contributed by atoms with Crippen molar-refractivity contribution in [2.24, 2.45) is 0 Å². The molecular formula is C38H46O2. The maximum absolute atomic E-state index is 5.73. The van der Waals surface area contributed by atoms with Crippen molar-refractivity contribution in [3.05, 3.63) is 131 Å². The van der Waals surface area contributed by atoms with Gasteiger partial charge in [0.05, 0.1) is 14.2 Å². The van der Waals surface area contributed by atoms with Crippen molar-refractivity contribution in [3.8, 4) is 11.5 Å². The monoisotopic (exact) mass is 534 g/mol. The van der Waals surface area contributed by atoms with Crippen molar-refractivity contribution in [1.29, 1.82) is 0 Å². The Morgan fingerprint density at radius 2 is 1.05 bits per heavy atom. The fourth-order valence-corrected chi connectivity index (χ4v) is 6.03. The van der Waals surface area contributed by atoms with Gasteiger partial charge in [-0.05, 0) is 53.1 Å². The summed E-state index contributed by atoms with van der Waals surface area (Å²) in [6, 6.07) is 36.4. The zero-order valence-electron chi connectivity index (χ0n) is 25.2. The predicted molar refractivity (Wildman–Crippen MR) is 169 cm³/mol. The van der Waals surface area contributed by atoms with Crippen LogP contribution in [0.3, 0.4) is 0 Å². The first kappa shape index (κ1) is 29.5. The van der Waals surface area contributed by atoms with E-state index in [4.69, 9.17) is 9.47 Å². The molecule has 0 amide bonds. The van der Waals surface area contributed by atoms with Crippen LogP contribution in [-0.4, -0.2) is 14.2 Å². The van der Waals surface area contributed by atoms with Crippen LogP contribution in [0.15, 0.2) is 103 Å². The van der Waals surface area contributed by atoms with Gasteiger partial charge >= 0.3 is 0 Å². The minimum absolute atomic E-state index is 0.0744. The van der Waals surface area contributed by atoms with Crippen LogP contribution >= 0.6 is 0 Å². The molecular weight excluding hydrogens is 488 g/mol. The van der Waals surface area contributed by atoms with E-state index in [1.165, 1.54) is 59.9 Å². The Balaban J connectivity index is 0.000000222. The molecule has 1 fully saturated rings. The van der Waals surface area contributed by atoms with Crippen LogP contribution < -0.4 is 9.47 Å². The molecule has 0 radical (unpaired) electrons. The summed E-state index contributed by atoms with van der Waals surface area (Å²) in [5.74, 6) is 2.74. The van der Waals surface area contributed by atoms with Gasteiger partial charge < -0.3 is 9.47 Å². The molecule has 0 bridgehead atoms. The van der Waals surface area contributed by atoms with Gasteiger partial charge in [0.2, 0.25) is 0 Å². The Labute approximate surface area is 242 Å². The Morgan fingerprint density at radius 3 is 1.62 bits per heavy atom. The van der Waals surface area contributed by atoms with E-state index >= 15 is 0 Å². The molecule has 1 aliphatic rings. The van der Waals surface area contributed by atoms with E-state index < -0.39 is 0 Å². The third-order valence-electron chi connectivity index (χ3n) is 8.77. The SMILES string of the molecule is COc1ccc(C(C)(C)c2ccccc2)cc1C(C)(C)c1ccccc1.COc1ccccc1C1CCCCC1. The minimum atomic E-state index is -0.143. The minimum Gasteiger partial charge on any atom is -0.496 e. The highest BCUT2D eigenvalue weighted by Gasteiger charge is 2.30. The number of hydrogen-bond donors (Lipinski definition) is 0. The lowest BCUT2D eigenvalue weighted by Gasteiger charge is -2.32. The quantitative estimate of drug-likeness (QED) is 0.235. The van der Waals surface area contributed by atoms with Gasteiger partial charge in [0.1, 0.15) is 11.5 Å². The summed E-state index contributed by atoms with van der Waals surface area (Å²) in [5.41, 5.74) is 6.30. The number of para-hydroxylation sites is 1. The van der Waals surface area contributed by atoms with Gasteiger partial charge in [0.25, 0.3) is 0 Å². The maximum Gasteiger partial charge on any atom is 0.122 e. The molecule has 0 unspecified atom stereocenters. The highest BCUT2D eigenvalue weighted by Crippen LogP contribution is 2.41. The zero-order chi connectivity index (χ0) is 28.6. The van der Waals surface area contributed by atoms with Gasteiger partial charge in [-0.2, -0.15) is 0 Å². The third-order valence-corrected chi connectivity index (χ3v) is 8.77. The van der Waals surface area contributed by atoms with Crippen molar-refractivity contribution in [1.82, 2.24) is 0 Å². The van der Waals surface area contributed by atoms with Crippen molar-refractivity contribution in [2.45, 2.75) is 76.5 Å². The molecule has 0 heterocycles. The van der Waals surface area contributed by atoms with Gasteiger partial charge in [0.15, 0.2) is 0 Å². The lowest BCUT2D eigenvalue weighted by molar-refractivity contribution is 0.387. The fraction of sp³-hybridized carbons (Fsp3) is 0.368. The van der Waals surface area contributed by atoms with Crippen molar-refractivity contribution in [3.63, 3.8) is 0 Å². The van der Waals surface area contributed by atoms with E-state index in [0.717, 1.165) is 17.4 Å². The van der Waals surface area contributed by atoms with Gasteiger partial charge in [-0.25, -0.2) is 0 Å². The molecule has 0 atom stereocenters. The lowest BCUT2D eigenvalue weighted by atomic mass is 9.73. The molecule has 210 valence electrons. The molecule has 1 aliphatic carbocycles. The Morgan fingerprint density at radius 1 is 0.525 bits per heavy atom. The van der Waals surface area contributed by atoms with E-state index in [9.17, 15) is 0 Å². The fourth-order valence-electron chi connectivity index (χ4n) is 6.03. The second kappa shape index (κ2) is 13.2. The topological polar surface area (TPSA) is 18.5 Å². The first-order chi connectivity index (χ1) is 19.3. The molecule has 0 N–H and O–H groups in total. The molecule has 1 saturated carbocycles. The van der Waals surface area contributed by atoms with E-state index in [1.807, 2.05) is 6.07 Å². The normalized spacial score (nSPS) is 14.2. The molecule has 4 aromatic rings. The molecule has 4 aromatic carbocycles. The largest absolute Gasteiger partial charge is 0.496 e. The summed E-state index contributed by atoms with van der Waals surface area (Å²) >= 11 is 0. The van der Waals surface area contributed by atoms with Crippen LogP contribution in [0.25, 0.3) is 0 Å². The summed E-state index contributed by atoms with van der Waals surface area (Å²) in [6.45, 7) is 9.09. The van der Waals surface area contributed by atoms with Gasteiger partial charge in [-0.3, -0.25) is 0 Å². The number of benzene rings is 4. The summed E-state index contributed by atoms with van der Waals surface area (Å²) in [7, 11) is 3.52. The molecule has 2 nitrogen and oxygen atoms in total. The van der Waals surface area contributed by atoms with Crippen molar-refractivity contribution < 1.29 is 9.47 Å². The number of ether oxygens (including phenoxy) is 2. The molecule has 0 aliphatic heterocycles. The van der Waals surface area contributed by atoms with E-state index in [-0.39, 0.29) is 10.8 Å². The molecule has 0 saturated heterocycles. The molecule has 0 aromatic heterocycles. The molecule has 2 heteroatoms. The van der Waals surface area contributed by atoms with Crippen LogP contribution in [0.1, 0.15) is 93.5 Å². The average molecular weight is 535 g/mol. The average Bonchev–Trinajstić information content (AvgIpc) is 3.02. The number of methoxy groups -OCH3 is 2. The van der Waals surface area contributed by atoms with Crippen LogP contribution in [0, 0.1) is 0 Å². The Kier molecular flexibility index (Phi) is 9.74. The van der Waals surface area contributed by atoms with Crippen LogP contribution in [0.5, 0.6) is 11.5 Å². The first-order valence-electron chi connectivity index (χ1n) is 14.7. The highest BCUT2D eigenvalue weighted by atomic mass is 16.5. The first-order valence-corrected chi connectivity index (χ1v) is 14.7. The van der Waals surface area contributed by atoms with Crippen LogP contribution in [0.2, 0.25) is 0 Å². The van der Waals surface area contributed by atoms with Crippen LogP contribution in [-0.2, 0) is 10.8 Å². The lowest BCUT2D eigenvalue weighted by Crippen LogP contribution is -2.23. The summed E-state index contributed by atoms with van der Waals surface area (Å²) in [6.07, 6.45) is 6.83. The number of hydrogen-bond acceptors (Lipinski definition) is 2. The highest BCUT2D eigenvalue weighted by molar-refractivity contribution is 5.51. The second-order valence-corrected chi connectivity index (χ2v) is 12.0. The number of rotatable bonds is 7. The smallest absolute Gasteiger partial charge is 0.122 e. The van der Waals surface area contributed by atoms with E-state index in [1.54, 1.807) is 14.2 Å². The summed E-state index contributed by atoms with van der Waals surface area (Å²) in [5, 5.41) is 0. The van der Waals surface area contributed by atoms with E-state index in [0.29, 0.717) is 0 Å². The standard InChI is InChI=1S/C25H28O.C13H18O/c1-24(2,19-12-8-6-9-13-19)21-16-17-23(26-5)22(18-21)25(3,4)20-14-10-7-11-15-20;1-14-13-10-6-5-9-12(13)11-7-3-2-4-8-11/h6-18H,1-5H3;5-6,9-11H,2-4,7-8H2,1H3. The van der Waals surface area contributed by atoms with Crippen LogP contribution in [0.4, 0.5) is 0 Å². The predicted octanol–water partition coefficient (Wildman–Crippen LogP) is 10.1. The maximum atomic E-state index is 5.73. The molecule has 5 rings (SSSR count). The van der Waals surface area contributed by atoms with Gasteiger partial charge in [-0.1, -0.05) is 138 Å². The van der Waals surface area contributed by atoms with Gasteiger partial charge in [0, 0.05) is 16.4 Å². The van der Waals surface area contributed by atoms with Gasteiger partial charge in [-0.15, -0.1) is 0 Å².